The lowest BCUT2D eigenvalue weighted by Gasteiger charge is -2.37. The molecular formula is C18H26N2O4S. The van der Waals surface area contributed by atoms with Crippen LogP contribution in [0.15, 0.2) is 24.3 Å². The normalized spacial score (nSPS) is 23.6. The molecule has 1 atom stereocenters. The summed E-state index contributed by atoms with van der Waals surface area (Å²) < 4.78 is 28.8. The van der Waals surface area contributed by atoms with E-state index in [0.717, 1.165) is 25.3 Å². The second kappa shape index (κ2) is 7.74. The summed E-state index contributed by atoms with van der Waals surface area (Å²) in [6, 6.07) is 7.92. The second-order valence-electron chi connectivity index (χ2n) is 6.89. The van der Waals surface area contributed by atoms with Gasteiger partial charge in [-0.25, -0.2) is 8.42 Å². The van der Waals surface area contributed by atoms with Crippen molar-refractivity contribution >= 4 is 15.7 Å². The molecule has 3 rings (SSSR count). The summed E-state index contributed by atoms with van der Waals surface area (Å²) in [4.78, 5) is 16.4. The third-order valence-corrected chi connectivity index (χ3v) is 6.75. The molecule has 0 radical (unpaired) electrons. The summed E-state index contributed by atoms with van der Waals surface area (Å²) in [5, 5.41) is 0. The van der Waals surface area contributed by atoms with Crippen molar-refractivity contribution < 1.29 is 17.9 Å². The Morgan fingerprint density at radius 1 is 1.16 bits per heavy atom. The van der Waals surface area contributed by atoms with Crippen molar-refractivity contribution in [1.29, 1.82) is 0 Å². The number of hydrogen-bond acceptors (Lipinski definition) is 5. The van der Waals surface area contributed by atoms with Crippen LogP contribution in [0, 0.1) is 6.92 Å². The van der Waals surface area contributed by atoms with Gasteiger partial charge in [-0.3, -0.25) is 9.69 Å². The fourth-order valence-corrected chi connectivity index (χ4v) is 5.21. The number of carbonyl (C=O) groups excluding carboxylic acids is 1. The number of nitrogens with zero attached hydrogens (tertiary/aromatic N) is 2. The minimum Gasteiger partial charge on any atom is -0.493 e. The first-order valence-corrected chi connectivity index (χ1v) is 10.7. The summed E-state index contributed by atoms with van der Waals surface area (Å²) >= 11 is 0. The van der Waals surface area contributed by atoms with Crippen LogP contribution in [0.4, 0.5) is 0 Å². The van der Waals surface area contributed by atoms with Gasteiger partial charge < -0.3 is 9.64 Å². The molecule has 0 spiro atoms. The van der Waals surface area contributed by atoms with E-state index >= 15 is 0 Å². The minimum absolute atomic E-state index is 0.103. The minimum atomic E-state index is -2.85. The summed E-state index contributed by atoms with van der Waals surface area (Å²) in [7, 11) is -2.85. The number of rotatable bonds is 5. The monoisotopic (exact) mass is 366 g/mol. The number of hydrogen-bond donors (Lipinski definition) is 0. The van der Waals surface area contributed by atoms with Gasteiger partial charge in [0, 0.05) is 32.2 Å². The van der Waals surface area contributed by atoms with Crippen molar-refractivity contribution in [3.05, 3.63) is 29.8 Å². The Hall–Kier alpha value is -1.60. The number of piperazine rings is 1. The molecule has 2 heterocycles. The maximum absolute atomic E-state index is 12.3. The quantitative estimate of drug-likeness (QED) is 0.781. The number of ether oxygens (including phenoxy) is 1. The van der Waals surface area contributed by atoms with E-state index in [2.05, 4.69) is 4.90 Å². The van der Waals surface area contributed by atoms with Crippen molar-refractivity contribution in [2.45, 2.75) is 25.8 Å². The van der Waals surface area contributed by atoms with Gasteiger partial charge in [0.2, 0.25) is 5.91 Å². The summed E-state index contributed by atoms with van der Waals surface area (Å²) in [5.74, 6) is 1.45. The molecule has 0 aliphatic carbocycles. The average Bonchev–Trinajstić information content (AvgIpc) is 2.97. The Labute approximate surface area is 149 Å². The molecule has 2 saturated heterocycles. The molecule has 0 bridgehead atoms. The first kappa shape index (κ1) is 18.2. The maximum atomic E-state index is 12.3. The van der Waals surface area contributed by atoms with Crippen LogP contribution < -0.4 is 4.74 Å². The van der Waals surface area contributed by atoms with Gasteiger partial charge in [-0.1, -0.05) is 17.7 Å². The van der Waals surface area contributed by atoms with Crippen molar-refractivity contribution in [1.82, 2.24) is 9.80 Å². The lowest BCUT2D eigenvalue weighted by Crippen LogP contribution is -2.52. The van der Waals surface area contributed by atoms with Crippen molar-refractivity contribution in [2.24, 2.45) is 0 Å². The third-order valence-electron chi connectivity index (χ3n) is 5.00. The summed E-state index contributed by atoms with van der Waals surface area (Å²) in [6.45, 7) is 5.24. The zero-order valence-corrected chi connectivity index (χ0v) is 15.5. The number of benzene rings is 1. The van der Waals surface area contributed by atoms with Gasteiger partial charge in [0.1, 0.15) is 5.75 Å². The Morgan fingerprint density at radius 3 is 2.44 bits per heavy atom. The van der Waals surface area contributed by atoms with Crippen molar-refractivity contribution in [3.8, 4) is 5.75 Å². The molecule has 1 aromatic carbocycles. The molecule has 7 heteroatoms. The van der Waals surface area contributed by atoms with E-state index in [9.17, 15) is 13.2 Å². The molecule has 138 valence electrons. The number of amides is 1. The van der Waals surface area contributed by atoms with Crippen molar-refractivity contribution in [3.63, 3.8) is 0 Å². The SMILES string of the molecule is Cc1ccc(OCCC(=O)N2CCN([C@H]3CCS(=O)(=O)C3)CC2)cc1. The Kier molecular flexibility index (Phi) is 5.64. The van der Waals surface area contributed by atoms with Crippen LogP contribution in [0.1, 0.15) is 18.4 Å². The highest BCUT2D eigenvalue weighted by molar-refractivity contribution is 7.91. The summed E-state index contributed by atoms with van der Waals surface area (Å²) in [6.07, 6.45) is 1.09. The second-order valence-corrected chi connectivity index (χ2v) is 9.11. The van der Waals surface area contributed by atoms with Crippen LogP contribution in [0.2, 0.25) is 0 Å². The van der Waals surface area contributed by atoms with E-state index in [1.807, 2.05) is 36.1 Å². The van der Waals surface area contributed by atoms with Crippen LogP contribution in [-0.2, 0) is 14.6 Å². The largest absolute Gasteiger partial charge is 0.493 e. The first-order chi connectivity index (χ1) is 11.9. The zero-order valence-electron chi connectivity index (χ0n) is 14.7. The third kappa shape index (κ3) is 4.95. The molecule has 2 fully saturated rings. The number of carbonyl (C=O) groups is 1. The number of aryl methyl sites for hydroxylation is 1. The molecule has 2 aliphatic rings. The molecule has 1 amide bonds. The van der Waals surface area contributed by atoms with Crippen molar-refractivity contribution in [2.75, 3.05) is 44.3 Å². The Morgan fingerprint density at radius 2 is 1.84 bits per heavy atom. The van der Waals surface area contributed by atoms with Gasteiger partial charge in [0.25, 0.3) is 0 Å². The van der Waals surface area contributed by atoms with E-state index in [1.54, 1.807) is 0 Å². The van der Waals surface area contributed by atoms with E-state index < -0.39 is 9.84 Å². The van der Waals surface area contributed by atoms with Crippen LogP contribution in [0.3, 0.4) is 0 Å². The molecule has 6 nitrogen and oxygen atoms in total. The van der Waals surface area contributed by atoms with Crippen LogP contribution in [-0.4, -0.2) is 74.5 Å². The number of sulfone groups is 1. The molecule has 1 aromatic rings. The van der Waals surface area contributed by atoms with Gasteiger partial charge >= 0.3 is 0 Å². The fraction of sp³-hybridized carbons (Fsp3) is 0.611. The Balaban J connectivity index is 1.39. The van der Waals surface area contributed by atoms with Gasteiger partial charge in [-0.05, 0) is 25.5 Å². The van der Waals surface area contributed by atoms with E-state index in [1.165, 1.54) is 5.56 Å². The zero-order chi connectivity index (χ0) is 17.9. The van der Waals surface area contributed by atoms with Gasteiger partial charge in [-0.15, -0.1) is 0 Å². The predicted molar refractivity (Wildman–Crippen MR) is 96.5 cm³/mol. The summed E-state index contributed by atoms with van der Waals surface area (Å²) in [5.41, 5.74) is 1.18. The molecule has 0 aromatic heterocycles. The van der Waals surface area contributed by atoms with E-state index in [0.29, 0.717) is 31.9 Å². The lowest BCUT2D eigenvalue weighted by atomic mass is 10.2. The van der Waals surface area contributed by atoms with Crippen LogP contribution in [0.25, 0.3) is 0 Å². The highest BCUT2D eigenvalue weighted by Gasteiger charge is 2.34. The highest BCUT2D eigenvalue weighted by Crippen LogP contribution is 2.19. The van der Waals surface area contributed by atoms with Gasteiger partial charge in [0.05, 0.1) is 24.5 Å². The molecule has 0 saturated carbocycles. The van der Waals surface area contributed by atoms with E-state index in [4.69, 9.17) is 4.74 Å². The lowest BCUT2D eigenvalue weighted by molar-refractivity contribution is -0.133. The predicted octanol–water partition coefficient (Wildman–Crippen LogP) is 1.10. The smallest absolute Gasteiger partial charge is 0.226 e. The molecular weight excluding hydrogens is 340 g/mol. The fourth-order valence-electron chi connectivity index (χ4n) is 3.45. The highest BCUT2D eigenvalue weighted by atomic mass is 32.2. The first-order valence-electron chi connectivity index (χ1n) is 8.85. The molecule has 0 unspecified atom stereocenters. The molecule has 25 heavy (non-hydrogen) atoms. The Bertz CT molecular complexity index is 694. The van der Waals surface area contributed by atoms with Crippen LogP contribution >= 0.6 is 0 Å². The molecule has 0 N–H and O–H groups in total. The maximum Gasteiger partial charge on any atom is 0.226 e. The van der Waals surface area contributed by atoms with E-state index in [-0.39, 0.29) is 17.7 Å². The topological polar surface area (TPSA) is 66.9 Å². The average molecular weight is 366 g/mol. The van der Waals surface area contributed by atoms with Gasteiger partial charge in [-0.2, -0.15) is 0 Å². The van der Waals surface area contributed by atoms with Crippen LogP contribution in [0.5, 0.6) is 5.75 Å². The molecule has 2 aliphatic heterocycles. The van der Waals surface area contributed by atoms with Gasteiger partial charge in [0.15, 0.2) is 9.84 Å². The standard InChI is InChI=1S/C18H26N2O4S/c1-15-2-4-17(5-3-15)24-12-6-18(21)20-10-8-19(9-11-20)16-7-13-25(22,23)14-16/h2-5,16H,6-14H2,1H3/t16-/m0/s1.